The van der Waals surface area contributed by atoms with E-state index in [1.54, 1.807) is 6.92 Å². The van der Waals surface area contributed by atoms with Gasteiger partial charge in [0, 0.05) is 13.1 Å². The summed E-state index contributed by atoms with van der Waals surface area (Å²) in [5, 5.41) is 0. The monoisotopic (exact) mass is 308 g/mol. The highest BCUT2D eigenvalue weighted by molar-refractivity contribution is 7.89. The van der Waals surface area contributed by atoms with Gasteiger partial charge in [0.05, 0.1) is 5.69 Å². The molecule has 2 aromatic rings. The maximum atomic E-state index is 13.1. The number of nitrogens with two attached hydrogens (primary N) is 1. The Morgan fingerprint density at radius 2 is 1.81 bits per heavy atom. The molecule has 2 aromatic carbocycles. The molecular formula is C15H17FN2O2S. The molecule has 112 valence electrons. The van der Waals surface area contributed by atoms with Crippen LogP contribution < -0.4 is 5.73 Å². The van der Waals surface area contributed by atoms with Crippen molar-refractivity contribution in [2.24, 2.45) is 0 Å². The van der Waals surface area contributed by atoms with Crippen LogP contribution >= 0.6 is 0 Å². The second kappa shape index (κ2) is 6.24. The normalized spacial score (nSPS) is 11.8. The summed E-state index contributed by atoms with van der Waals surface area (Å²) in [6.07, 6.45) is 0. The van der Waals surface area contributed by atoms with E-state index in [0.717, 1.165) is 17.7 Å². The first-order valence-corrected chi connectivity index (χ1v) is 7.98. The van der Waals surface area contributed by atoms with Gasteiger partial charge in [0.1, 0.15) is 10.7 Å². The van der Waals surface area contributed by atoms with Crippen molar-refractivity contribution < 1.29 is 12.8 Å². The van der Waals surface area contributed by atoms with Gasteiger partial charge in [-0.3, -0.25) is 0 Å². The van der Waals surface area contributed by atoms with E-state index in [2.05, 4.69) is 0 Å². The molecule has 0 atom stereocenters. The molecule has 0 aliphatic carbocycles. The third-order valence-corrected chi connectivity index (χ3v) is 5.14. The van der Waals surface area contributed by atoms with Crippen LogP contribution in [0, 0.1) is 5.82 Å². The molecule has 0 heterocycles. The standard InChI is InChI=1S/C15H17FN2O2S/c1-2-18(11-12-6-4-3-5-7-12)21(19,20)15-9-8-13(16)10-14(15)17/h3-10H,2,11,17H2,1H3. The van der Waals surface area contributed by atoms with Crippen molar-refractivity contribution in [2.75, 3.05) is 12.3 Å². The van der Waals surface area contributed by atoms with Gasteiger partial charge in [-0.15, -0.1) is 0 Å². The van der Waals surface area contributed by atoms with Crippen molar-refractivity contribution in [3.8, 4) is 0 Å². The largest absolute Gasteiger partial charge is 0.398 e. The Hall–Kier alpha value is -1.92. The topological polar surface area (TPSA) is 63.4 Å². The first-order chi connectivity index (χ1) is 9.95. The minimum Gasteiger partial charge on any atom is -0.398 e. The lowest BCUT2D eigenvalue weighted by Gasteiger charge is -2.21. The Bertz CT molecular complexity index is 718. The van der Waals surface area contributed by atoms with Crippen LogP contribution in [0.3, 0.4) is 0 Å². The molecule has 0 saturated heterocycles. The molecule has 0 fully saturated rings. The third-order valence-electron chi connectivity index (χ3n) is 3.14. The van der Waals surface area contributed by atoms with Crippen molar-refractivity contribution in [1.82, 2.24) is 4.31 Å². The molecule has 0 unspecified atom stereocenters. The number of hydrogen-bond donors (Lipinski definition) is 1. The van der Waals surface area contributed by atoms with E-state index in [0.29, 0.717) is 6.54 Å². The van der Waals surface area contributed by atoms with Crippen molar-refractivity contribution in [1.29, 1.82) is 0 Å². The Morgan fingerprint density at radius 1 is 1.14 bits per heavy atom. The Kier molecular flexibility index (Phi) is 4.59. The van der Waals surface area contributed by atoms with E-state index < -0.39 is 15.8 Å². The van der Waals surface area contributed by atoms with E-state index in [1.165, 1.54) is 10.4 Å². The van der Waals surface area contributed by atoms with Crippen LogP contribution in [0.25, 0.3) is 0 Å². The van der Waals surface area contributed by atoms with Gasteiger partial charge in [-0.2, -0.15) is 4.31 Å². The number of sulfonamides is 1. The smallest absolute Gasteiger partial charge is 0.245 e. The fraction of sp³-hybridized carbons (Fsp3) is 0.200. The van der Waals surface area contributed by atoms with Crippen LogP contribution in [0.5, 0.6) is 0 Å². The van der Waals surface area contributed by atoms with E-state index in [9.17, 15) is 12.8 Å². The number of halogens is 1. The predicted molar refractivity (Wildman–Crippen MR) is 80.5 cm³/mol. The molecule has 0 aliphatic heterocycles. The first-order valence-electron chi connectivity index (χ1n) is 6.54. The fourth-order valence-electron chi connectivity index (χ4n) is 2.05. The number of benzene rings is 2. The molecule has 2 N–H and O–H groups in total. The third kappa shape index (κ3) is 3.40. The van der Waals surface area contributed by atoms with Gasteiger partial charge in [-0.25, -0.2) is 12.8 Å². The number of hydrogen-bond acceptors (Lipinski definition) is 3. The van der Waals surface area contributed by atoms with Gasteiger partial charge >= 0.3 is 0 Å². The molecule has 6 heteroatoms. The minimum absolute atomic E-state index is 0.0679. The van der Waals surface area contributed by atoms with Gasteiger partial charge < -0.3 is 5.73 Å². The second-order valence-electron chi connectivity index (χ2n) is 4.60. The predicted octanol–water partition coefficient (Wildman–Crippen LogP) is 2.62. The van der Waals surface area contributed by atoms with Gasteiger partial charge in [0.25, 0.3) is 0 Å². The molecular weight excluding hydrogens is 291 g/mol. The van der Waals surface area contributed by atoms with Crippen LogP contribution in [0.1, 0.15) is 12.5 Å². The van der Waals surface area contributed by atoms with Crippen molar-refractivity contribution in [3.05, 3.63) is 59.9 Å². The Balaban J connectivity index is 2.36. The van der Waals surface area contributed by atoms with Gasteiger partial charge in [0.15, 0.2) is 0 Å². The van der Waals surface area contributed by atoms with Crippen LogP contribution in [0.15, 0.2) is 53.4 Å². The maximum Gasteiger partial charge on any atom is 0.245 e. The number of rotatable bonds is 5. The summed E-state index contributed by atoms with van der Waals surface area (Å²) < 4.78 is 39.6. The molecule has 0 bridgehead atoms. The SMILES string of the molecule is CCN(Cc1ccccc1)S(=O)(=O)c1ccc(F)cc1N. The Morgan fingerprint density at radius 3 is 2.38 bits per heavy atom. The summed E-state index contributed by atoms with van der Waals surface area (Å²) in [6, 6.07) is 12.6. The first kappa shape index (κ1) is 15.5. The van der Waals surface area contributed by atoms with E-state index in [-0.39, 0.29) is 17.1 Å². The van der Waals surface area contributed by atoms with E-state index >= 15 is 0 Å². The Labute approximate surface area is 124 Å². The molecule has 21 heavy (non-hydrogen) atoms. The lowest BCUT2D eigenvalue weighted by molar-refractivity contribution is 0.423. The molecule has 2 rings (SSSR count). The van der Waals surface area contributed by atoms with E-state index in [1.807, 2.05) is 30.3 Å². The molecule has 0 saturated carbocycles. The van der Waals surface area contributed by atoms with Crippen molar-refractivity contribution in [2.45, 2.75) is 18.4 Å². The number of anilines is 1. The number of nitrogen functional groups attached to an aromatic ring is 1. The fourth-order valence-corrected chi connectivity index (χ4v) is 3.58. The summed E-state index contributed by atoms with van der Waals surface area (Å²) >= 11 is 0. The van der Waals surface area contributed by atoms with Gasteiger partial charge in [0.2, 0.25) is 10.0 Å². The highest BCUT2D eigenvalue weighted by Gasteiger charge is 2.25. The molecule has 0 spiro atoms. The zero-order chi connectivity index (χ0) is 15.5. The highest BCUT2D eigenvalue weighted by Crippen LogP contribution is 2.24. The van der Waals surface area contributed by atoms with Gasteiger partial charge in [-0.05, 0) is 23.8 Å². The van der Waals surface area contributed by atoms with Crippen LogP contribution in [0.4, 0.5) is 10.1 Å². The maximum absolute atomic E-state index is 13.1. The second-order valence-corrected chi connectivity index (χ2v) is 6.51. The lowest BCUT2D eigenvalue weighted by atomic mass is 10.2. The van der Waals surface area contributed by atoms with Crippen molar-refractivity contribution in [3.63, 3.8) is 0 Å². The summed E-state index contributed by atoms with van der Waals surface area (Å²) in [6.45, 7) is 2.30. The minimum atomic E-state index is -3.76. The summed E-state index contributed by atoms with van der Waals surface area (Å²) in [5.41, 5.74) is 6.44. The summed E-state index contributed by atoms with van der Waals surface area (Å²) in [5.74, 6) is -0.558. The lowest BCUT2D eigenvalue weighted by Crippen LogP contribution is -2.31. The van der Waals surface area contributed by atoms with Gasteiger partial charge in [-0.1, -0.05) is 37.3 Å². The average molecular weight is 308 g/mol. The zero-order valence-corrected chi connectivity index (χ0v) is 12.5. The molecule has 0 radical (unpaired) electrons. The van der Waals surface area contributed by atoms with Crippen molar-refractivity contribution >= 4 is 15.7 Å². The summed E-state index contributed by atoms with van der Waals surface area (Å²) in [7, 11) is -3.76. The molecule has 0 aromatic heterocycles. The average Bonchev–Trinajstić information content (AvgIpc) is 2.45. The quantitative estimate of drug-likeness (QED) is 0.864. The molecule has 0 amide bonds. The van der Waals surface area contributed by atoms with E-state index in [4.69, 9.17) is 5.73 Å². The zero-order valence-electron chi connectivity index (χ0n) is 11.7. The van der Waals surface area contributed by atoms with Crippen LogP contribution in [-0.4, -0.2) is 19.3 Å². The van der Waals surface area contributed by atoms with Crippen LogP contribution in [0.2, 0.25) is 0 Å². The highest BCUT2D eigenvalue weighted by atomic mass is 32.2. The molecule has 4 nitrogen and oxygen atoms in total. The van der Waals surface area contributed by atoms with Crippen LogP contribution in [-0.2, 0) is 16.6 Å². The number of nitrogens with zero attached hydrogens (tertiary/aromatic N) is 1. The molecule has 0 aliphatic rings. The summed E-state index contributed by atoms with van der Waals surface area (Å²) in [4.78, 5) is -0.0679.